The monoisotopic (exact) mass is 265 g/mol. The van der Waals surface area contributed by atoms with E-state index in [1.165, 1.54) is 0 Å². The van der Waals surface area contributed by atoms with Crippen molar-refractivity contribution in [2.24, 2.45) is 5.41 Å². The third-order valence-electron chi connectivity index (χ3n) is 3.35. The van der Waals surface area contributed by atoms with E-state index in [1.54, 1.807) is 6.92 Å². The number of allylic oxidation sites excluding steroid dienone is 2. The van der Waals surface area contributed by atoms with Crippen LogP contribution in [-0.2, 0) is 4.79 Å². The number of nitrogens with one attached hydrogen (secondary N) is 1. The van der Waals surface area contributed by atoms with Crippen molar-refractivity contribution >= 4 is 5.91 Å². The molecule has 1 aliphatic carbocycles. The van der Waals surface area contributed by atoms with Crippen LogP contribution in [0.3, 0.4) is 0 Å². The number of carbonyl (C=O) groups is 1. The van der Waals surface area contributed by atoms with Crippen molar-refractivity contribution in [2.45, 2.75) is 44.9 Å². The standard InChI is InChI=1S/C12H18F3NO2/c1-10(6-4-3-5-7-10)9(17)16-8-11(2,18)12(13,14)15/h3-4,18H,5-8H2,1-2H3,(H,16,17)/t10-,11+/m0/s1. The van der Waals surface area contributed by atoms with Crippen LogP contribution in [0.1, 0.15) is 33.1 Å². The van der Waals surface area contributed by atoms with Gasteiger partial charge in [-0.1, -0.05) is 19.1 Å². The largest absolute Gasteiger partial charge is 0.418 e. The van der Waals surface area contributed by atoms with Crippen molar-refractivity contribution in [2.75, 3.05) is 6.54 Å². The molecule has 1 amide bonds. The Balaban J connectivity index is 2.59. The van der Waals surface area contributed by atoms with E-state index >= 15 is 0 Å². The summed E-state index contributed by atoms with van der Waals surface area (Å²) >= 11 is 0. The van der Waals surface area contributed by atoms with Crippen molar-refractivity contribution < 1.29 is 23.1 Å². The van der Waals surface area contributed by atoms with Gasteiger partial charge in [-0.2, -0.15) is 13.2 Å². The Hall–Kier alpha value is -1.04. The van der Waals surface area contributed by atoms with E-state index in [0.717, 1.165) is 6.42 Å². The number of amides is 1. The fraction of sp³-hybridized carbons (Fsp3) is 0.750. The number of hydrogen-bond acceptors (Lipinski definition) is 2. The minimum Gasteiger partial charge on any atom is -0.379 e. The van der Waals surface area contributed by atoms with Gasteiger partial charge in [-0.3, -0.25) is 4.79 Å². The number of hydrogen-bond donors (Lipinski definition) is 2. The molecule has 0 heterocycles. The number of halogens is 3. The summed E-state index contributed by atoms with van der Waals surface area (Å²) < 4.78 is 37.2. The Morgan fingerprint density at radius 3 is 2.50 bits per heavy atom. The van der Waals surface area contributed by atoms with Gasteiger partial charge >= 0.3 is 6.18 Å². The van der Waals surface area contributed by atoms with Crippen molar-refractivity contribution in [3.05, 3.63) is 12.2 Å². The van der Waals surface area contributed by atoms with Crippen molar-refractivity contribution in [3.8, 4) is 0 Å². The van der Waals surface area contributed by atoms with Gasteiger partial charge in [0.15, 0.2) is 5.60 Å². The minimum atomic E-state index is -4.76. The van der Waals surface area contributed by atoms with Crippen molar-refractivity contribution in [1.82, 2.24) is 5.32 Å². The Bertz CT molecular complexity index is 350. The molecular formula is C12H18F3NO2. The zero-order valence-corrected chi connectivity index (χ0v) is 10.5. The van der Waals surface area contributed by atoms with Gasteiger partial charge in [0.05, 0.1) is 12.0 Å². The summed E-state index contributed by atoms with van der Waals surface area (Å²) in [5.41, 5.74) is -3.58. The first-order valence-corrected chi connectivity index (χ1v) is 5.81. The highest BCUT2D eigenvalue weighted by Crippen LogP contribution is 2.33. The molecule has 2 N–H and O–H groups in total. The molecule has 0 radical (unpaired) electrons. The fourth-order valence-electron chi connectivity index (χ4n) is 1.74. The van der Waals surface area contributed by atoms with Crippen LogP contribution >= 0.6 is 0 Å². The van der Waals surface area contributed by atoms with E-state index in [2.05, 4.69) is 5.32 Å². The maximum Gasteiger partial charge on any atom is 0.418 e. The Morgan fingerprint density at radius 2 is 2.06 bits per heavy atom. The number of aliphatic hydroxyl groups is 1. The van der Waals surface area contributed by atoms with Crippen LogP contribution in [0.15, 0.2) is 12.2 Å². The third-order valence-corrected chi connectivity index (χ3v) is 3.35. The fourth-order valence-corrected chi connectivity index (χ4v) is 1.74. The van der Waals surface area contributed by atoms with Gasteiger partial charge in [0.1, 0.15) is 0 Å². The van der Waals surface area contributed by atoms with Crippen LogP contribution in [0.25, 0.3) is 0 Å². The smallest absolute Gasteiger partial charge is 0.379 e. The van der Waals surface area contributed by atoms with Crippen LogP contribution in [-0.4, -0.2) is 29.3 Å². The molecular weight excluding hydrogens is 247 g/mol. The van der Waals surface area contributed by atoms with Crippen molar-refractivity contribution in [1.29, 1.82) is 0 Å². The predicted octanol–water partition coefficient (Wildman–Crippen LogP) is 2.16. The van der Waals surface area contributed by atoms with Gasteiger partial charge < -0.3 is 10.4 Å². The Labute approximate surface area is 104 Å². The van der Waals surface area contributed by atoms with E-state index in [-0.39, 0.29) is 0 Å². The van der Waals surface area contributed by atoms with Gasteiger partial charge in [0, 0.05) is 0 Å². The summed E-state index contributed by atoms with van der Waals surface area (Å²) in [5.74, 6) is -0.448. The second-order valence-corrected chi connectivity index (χ2v) is 5.23. The van der Waals surface area contributed by atoms with Crippen LogP contribution in [0.4, 0.5) is 13.2 Å². The maximum atomic E-state index is 12.4. The molecule has 6 heteroatoms. The number of alkyl halides is 3. The number of carbonyl (C=O) groups excluding carboxylic acids is 1. The first-order valence-electron chi connectivity index (χ1n) is 5.81. The van der Waals surface area contributed by atoms with Gasteiger partial charge in [-0.25, -0.2) is 0 Å². The SMILES string of the molecule is C[C@]1(C(=O)NC[C@@](C)(O)C(F)(F)F)CC=CCC1. The molecule has 0 aromatic heterocycles. The quantitative estimate of drug-likeness (QED) is 0.768. The summed E-state index contributed by atoms with van der Waals surface area (Å²) in [4.78, 5) is 11.9. The highest BCUT2D eigenvalue weighted by molar-refractivity contribution is 5.82. The molecule has 0 aliphatic heterocycles. The first kappa shape index (κ1) is 15.0. The van der Waals surface area contributed by atoms with Gasteiger partial charge in [-0.15, -0.1) is 0 Å². The zero-order chi connectivity index (χ0) is 14.0. The summed E-state index contributed by atoms with van der Waals surface area (Å²) in [7, 11) is 0. The van der Waals surface area contributed by atoms with Crippen LogP contribution in [0.5, 0.6) is 0 Å². The summed E-state index contributed by atoms with van der Waals surface area (Å²) in [5, 5.41) is 11.4. The van der Waals surface area contributed by atoms with E-state index in [1.807, 2.05) is 12.2 Å². The maximum absolute atomic E-state index is 12.4. The molecule has 18 heavy (non-hydrogen) atoms. The molecule has 2 atom stereocenters. The molecule has 104 valence electrons. The van der Waals surface area contributed by atoms with Crippen LogP contribution in [0, 0.1) is 5.41 Å². The molecule has 1 aliphatic rings. The lowest BCUT2D eigenvalue weighted by Gasteiger charge is -2.32. The van der Waals surface area contributed by atoms with Crippen LogP contribution in [0.2, 0.25) is 0 Å². The van der Waals surface area contributed by atoms with Crippen LogP contribution < -0.4 is 5.32 Å². The molecule has 0 fully saturated rings. The normalized spacial score (nSPS) is 27.7. The highest BCUT2D eigenvalue weighted by atomic mass is 19.4. The van der Waals surface area contributed by atoms with Gasteiger partial charge in [0.25, 0.3) is 0 Å². The van der Waals surface area contributed by atoms with E-state index in [0.29, 0.717) is 19.8 Å². The molecule has 1 rings (SSSR count). The van der Waals surface area contributed by atoms with Crippen molar-refractivity contribution in [3.63, 3.8) is 0 Å². The van der Waals surface area contributed by atoms with E-state index in [4.69, 9.17) is 0 Å². The molecule has 0 aromatic carbocycles. The second-order valence-electron chi connectivity index (χ2n) is 5.23. The lowest BCUT2D eigenvalue weighted by Crippen LogP contribution is -2.53. The topological polar surface area (TPSA) is 49.3 Å². The third kappa shape index (κ3) is 3.25. The summed E-state index contributed by atoms with van der Waals surface area (Å²) in [6.07, 6.45) is 0.885. The molecule has 0 saturated heterocycles. The van der Waals surface area contributed by atoms with E-state index in [9.17, 15) is 23.1 Å². The van der Waals surface area contributed by atoms with Gasteiger partial charge in [0.2, 0.25) is 5.91 Å². The average molecular weight is 265 g/mol. The predicted molar refractivity (Wildman–Crippen MR) is 60.8 cm³/mol. The molecule has 0 saturated carbocycles. The molecule has 0 spiro atoms. The lowest BCUT2D eigenvalue weighted by atomic mass is 9.78. The summed E-state index contributed by atoms with van der Waals surface area (Å²) in [6.45, 7) is 1.54. The summed E-state index contributed by atoms with van der Waals surface area (Å²) in [6, 6.07) is 0. The highest BCUT2D eigenvalue weighted by Gasteiger charge is 2.50. The molecule has 0 bridgehead atoms. The first-order chi connectivity index (χ1) is 8.08. The Kier molecular flexibility index (Phi) is 4.10. The second kappa shape index (κ2) is 4.91. The minimum absolute atomic E-state index is 0.448. The average Bonchev–Trinajstić information content (AvgIpc) is 2.25. The molecule has 3 nitrogen and oxygen atoms in total. The van der Waals surface area contributed by atoms with E-state index < -0.39 is 29.6 Å². The molecule has 0 unspecified atom stereocenters. The number of rotatable bonds is 3. The lowest BCUT2D eigenvalue weighted by molar-refractivity contribution is -0.250. The zero-order valence-electron chi connectivity index (χ0n) is 10.5. The van der Waals surface area contributed by atoms with Gasteiger partial charge in [-0.05, 0) is 26.2 Å². The molecule has 0 aromatic rings. The Morgan fingerprint density at radius 1 is 1.44 bits per heavy atom.